The number of carbonyl (C=O) groups excluding carboxylic acids is 1. The van der Waals surface area contributed by atoms with Crippen LogP contribution in [-0.2, 0) is 11.3 Å². The van der Waals surface area contributed by atoms with Gasteiger partial charge in [0.15, 0.2) is 0 Å². The SMILES string of the molecule is Cc1nc(/C=N\NC(=O)Cn2nnc3ccccc32)cs1. The van der Waals surface area contributed by atoms with Crippen LogP contribution in [0, 0.1) is 6.92 Å². The van der Waals surface area contributed by atoms with Crippen molar-refractivity contribution in [1.29, 1.82) is 0 Å². The van der Waals surface area contributed by atoms with Gasteiger partial charge in [-0.05, 0) is 19.1 Å². The fourth-order valence-electron chi connectivity index (χ4n) is 1.82. The second-order valence-corrected chi connectivity index (χ2v) is 5.38. The van der Waals surface area contributed by atoms with Crippen molar-refractivity contribution in [3.63, 3.8) is 0 Å². The van der Waals surface area contributed by atoms with E-state index in [1.165, 1.54) is 22.2 Å². The van der Waals surface area contributed by atoms with Crippen LogP contribution in [0.2, 0.25) is 0 Å². The van der Waals surface area contributed by atoms with Crippen molar-refractivity contribution in [3.8, 4) is 0 Å². The predicted octanol–water partition coefficient (Wildman–Crippen LogP) is 1.35. The number of carbonyl (C=O) groups is 1. The zero-order valence-electron chi connectivity index (χ0n) is 11.2. The van der Waals surface area contributed by atoms with E-state index in [0.717, 1.165) is 21.7 Å². The number of benzene rings is 1. The highest BCUT2D eigenvalue weighted by Crippen LogP contribution is 2.09. The average Bonchev–Trinajstić information content (AvgIpc) is 3.06. The van der Waals surface area contributed by atoms with Gasteiger partial charge in [0, 0.05) is 5.38 Å². The summed E-state index contributed by atoms with van der Waals surface area (Å²) in [6.07, 6.45) is 1.51. The Morgan fingerprint density at radius 1 is 1.48 bits per heavy atom. The summed E-state index contributed by atoms with van der Waals surface area (Å²) in [5.41, 5.74) is 4.74. The minimum Gasteiger partial charge on any atom is -0.271 e. The molecule has 1 amide bonds. The first-order valence-corrected chi connectivity index (χ1v) is 7.12. The number of thiazole rings is 1. The third kappa shape index (κ3) is 3.11. The molecule has 0 fully saturated rings. The number of hydrazone groups is 1. The van der Waals surface area contributed by atoms with Crippen molar-refractivity contribution < 1.29 is 4.79 Å². The van der Waals surface area contributed by atoms with E-state index in [4.69, 9.17) is 0 Å². The maximum absolute atomic E-state index is 11.8. The number of aryl methyl sites for hydroxylation is 1. The molecule has 3 aromatic rings. The first-order chi connectivity index (χ1) is 10.2. The van der Waals surface area contributed by atoms with Gasteiger partial charge in [-0.3, -0.25) is 4.79 Å². The van der Waals surface area contributed by atoms with Crippen LogP contribution in [-0.4, -0.2) is 32.1 Å². The molecule has 1 aromatic carbocycles. The van der Waals surface area contributed by atoms with Crippen LogP contribution >= 0.6 is 11.3 Å². The first-order valence-electron chi connectivity index (χ1n) is 6.24. The lowest BCUT2D eigenvalue weighted by atomic mass is 10.3. The Bertz CT molecular complexity index is 806. The molecule has 2 aromatic heterocycles. The molecule has 0 aliphatic carbocycles. The van der Waals surface area contributed by atoms with Gasteiger partial charge in [0.2, 0.25) is 0 Å². The summed E-state index contributed by atoms with van der Waals surface area (Å²) in [5, 5.41) is 14.6. The highest BCUT2D eigenvalue weighted by molar-refractivity contribution is 7.09. The minimum atomic E-state index is -0.270. The quantitative estimate of drug-likeness (QED) is 0.582. The van der Waals surface area contributed by atoms with Gasteiger partial charge in [0.25, 0.3) is 5.91 Å². The molecular weight excluding hydrogens is 288 g/mol. The van der Waals surface area contributed by atoms with Crippen molar-refractivity contribution in [2.75, 3.05) is 0 Å². The molecule has 0 radical (unpaired) electrons. The van der Waals surface area contributed by atoms with Crippen LogP contribution in [0.5, 0.6) is 0 Å². The molecule has 0 atom stereocenters. The average molecular weight is 300 g/mol. The van der Waals surface area contributed by atoms with Crippen molar-refractivity contribution in [1.82, 2.24) is 25.4 Å². The Morgan fingerprint density at radius 3 is 3.14 bits per heavy atom. The second kappa shape index (κ2) is 5.80. The molecular formula is C13H12N6OS. The molecule has 0 aliphatic heterocycles. The van der Waals surface area contributed by atoms with Crippen molar-refractivity contribution in [3.05, 3.63) is 40.3 Å². The van der Waals surface area contributed by atoms with Gasteiger partial charge in [-0.1, -0.05) is 17.3 Å². The normalized spacial score (nSPS) is 11.3. The van der Waals surface area contributed by atoms with Crippen LogP contribution in [0.25, 0.3) is 11.0 Å². The van der Waals surface area contributed by atoms with Crippen LogP contribution in [0.4, 0.5) is 0 Å². The van der Waals surface area contributed by atoms with Crippen molar-refractivity contribution in [2.45, 2.75) is 13.5 Å². The van der Waals surface area contributed by atoms with Gasteiger partial charge in [0.1, 0.15) is 12.1 Å². The molecule has 3 rings (SSSR count). The minimum absolute atomic E-state index is 0.0634. The van der Waals surface area contributed by atoms with Crippen LogP contribution in [0.3, 0.4) is 0 Å². The van der Waals surface area contributed by atoms with Gasteiger partial charge in [-0.15, -0.1) is 16.4 Å². The van der Waals surface area contributed by atoms with E-state index in [1.807, 2.05) is 36.6 Å². The van der Waals surface area contributed by atoms with Crippen molar-refractivity contribution in [2.24, 2.45) is 5.10 Å². The maximum atomic E-state index is 11.8. The van der Waals surface area contributed by atoms with E-state index in [9.17, 15) is 4.79 Å². The molecule has 8 heteroatoms. The number of para-hydroxylation sites is 1. The van der Waals surface area contributed by atoms with Crippen LogP contribution in [0.1, 0.15) is 10.7 Å². The molecule has 106 valence electrons. The molecule has 0 unspecified atom stereocenters. The lowest BCUT2D eigenvalue weighted by Crippen LogP contribution is -2.23. The lowest BCUT2D eigenvalue weighted by Gasteiger charge is -2.00. The number of aromatic nitrogens is 4. The number of hydrogen-bond acceptors (Lipinski definition) is 6. The predicted molar refractivity (Wildman–Crippen MR) is 80.1 cm³/mol. The number of hydrogen-bond donors (Lipinski definition) is 1. The van der Waals surface area contributed by atoms with E-state index in [0.29, 0.717) is 0 Å². The third-order valence-corrected chi connectivity index (χ3v) is 3.53. The van der Waals surface area contributed by atoms with Crippen molar-refractivity contribution >= 4 is 34.5 Å². The van der Waals surface area contributed by atoms with E-state index in [-0.39, 0.29) is 12.5 Å². The number of nitrogens with zero attached hydrogens (tertiary/aromatic N) is 5. The van der Waals surface area contributed by atoms with Gasteiger partial charge in [-0.25, -0.2) is 15.1 Å². The molecule has 0 saturated carbocycles. The largest absolute Gasteiger partial charge is 0.271 e. The Hall–Kier alpha value is -2.61. The van der Waals surface area contributed by atoms with Gasteiger partial charge in [-0.2, -0.15) is 5.10 Å². The molecule has 0 aliphatic rings. The Morgan fingerprint density at radius 2 is 2.33 bits per heavy atom. The number of amides is 1. The standard InChI is InChI=1S/C13H12N6OS/c1-9-15-10(8-21-9)6-14-17-13(20)7-19-12-5-3-2-4-11(12)16-18-19/h2-6,8H,7H2,1H3,(H,17,20)/b14-6-. The maximum Gasteiger partial charge on any atom is 0.261 e. The molecule has 0 spiro atoms. The number of nitrogens with one attached hydrogen (secondary N) is 1. The highest BCUT2D eigenvalue weighted by atomic mass is 32.1. The Labute approximate surface area is 124 Å². The molecule has 0 saturated heterocycles. The molecule has 2 heterocycles. The van der Waals surface area contributed by atoms with Gasteiger partial charge < -0.3 is 0 Å². The smallest absolute Gasteiger partial charge is 0.261 e. The summed E-state index contributed by atoms with van der Waals surface area (Å²) < 4.78 is 1.53. The zero-order valence-corrected chi connectivity index (χ0v) is 12.0. The van der Waals surface area contributed by atoms with Gasteiger partial charge >= 0.3 is 0 Å². The van der Waals surface area contributed by atoms with E-state index in [1.54, 1.807) is 0 Å². The van der Waals surface area contributed by atoms with E-state index in [2.05, 4.69) is 25.8 Å². The number of rotatable bonds is 4. The third-order valence-electron chi connectivity index (χ3n) is 2.74. The Balaban J connectivity index is 1.63. The topological polar surface area (TPSA) is 85.1 Å². The second-order valence-electron chi connectivity index (χ2n) is 4.32. The summed E-state index contributed by atoms with van der Waals surface area (Å²) in [6.45, 7) is 1.98. The van der Waals surface area contributed by atoms with Gasteiger partial charge in [0.05, 0.1) is 22.4 Å². The summed E-state index contributed by atoms with van der Waals surface area (Å²) in [6, 6.07) is 7.47. The molecule has 0 bridgehead atoms. The first kappa shape index (κ1) is 13.4. The summed E-state index contributed by atoms with van der Waals surface area (Å²) in [7, 11) is 0. The number of fused-ring (bicyclic) bond motifs is 1. The van der Waals surface area contributed by atoms with Crippen LogP contribution < -0.4 is 5.43 Å². The van der Waals surface area contributed by atoms with E-state index >= 15 is 0 Å². The molecule has 1 N–H and O–H groups in total. The molecule has 7 nitrogen and oxygen atoms in total. The lowest BCUT2D eigenvalue weighted by molar-refractivity contribution is -0.121. The highest BCUT2D eigenvalue weighted by Gasteiger charge is 2.07. The molecule has 21 heavy (non-hydrogen) atoms. The zero-order chi connectivity index (χ0) is 14.7. The fourth-order valence-corrected chi connectivity index (χ4v) is 2.38. The summed E-state index contributed by atoms with van der Waals surface area (Å²) in [4.78, 5) is 16.0. The van der Waals surface area contributed by atoms with E-state index < -0.39 is 0 Å². The van der Waals surface area contributed by atoms with Crippen LogP contribution in [0.15, 0.2) is 34.7 Å². The monoisotopic (exact) mass is 300 g/mol. The fraction of sp³-hybridized carbons (Fsp3) is 0.154. The summed E-state index contributed by atoms with van der Waals surface area (Å²) >= 11 is 1.53. The summed E-state index contributed by atoms with van der Waals surface area (Å²) in [5.74, 6) is -0.270. The Kier molecular flexibility index (Phi) is 3.69.